The molecule has 3 heterocycles. The van der Waals surface area contributed by atoms with Crippen LogP contribution in [0.4, 0.5) is 10.5 Å². The number of urea groups is 1. The number of aromatic nitrogens is 2. The van der Waals surface area contributed by atoms with Crippen molar-refractivity contribution in [2.45, 2.75) is 45.7 Å². The number of sulfone groups is 1. The van der Waals surface area contributed by atoms with Gasteiger partial charge in [0.15, 0.2) is 9.84 Å². The molecule has 2 atom stereocenters. The quantitative estimate of drug-likeness (QED) is 0.698. The van der Waals surface area contributed by atoms with Crippen molar-refractivity contribution in [1.82, 2.24) is 19.6 Å². The molecule has 10 heteroatoms. The molecule has 1 aromatic carbocycles. The molecule has 184 valence electrons. The van der Waals surface area contributed by atoms with Crippen LogP contribution in [0.1, 0.15) is 42.3 Å². The van der Waals surface area contributed by atoms with Crippen LogP contribution in [0.2, 0.25) is 0 Å². The first-order chi connectivity index (χ1) is 16.1. The maximum absolute atomic E-state index is 13.3. The molecular weight excluding hydrogens is 454 g/mol. The summed E-state index contributed by atoms with van der Waals surface area (Å²) in [5, 5.41) is 7.51. The Labute approximate surface area is 201 Å². The van der Waals surface area contributed by atoms with E-state index in [9.17, 15) is 18.0 Å². The van der Waals surface area contributed by atoms with Crippen molar-refractivity contribution in [2.75, 3.05) is 37.0 Å². The minimum atomic E-state index is -3.01. The third-order valence-electron chi connectivity index (χ3n) is 6.88. The summed E-state index contributed by atoms with van der Waals surface area (Å²) in [6, 6.07) is 8.97. The average molecular weight is 488 g/mol. The highest BCUT2D eigenvalue weighted by molar-refractivity contribution is 7.91. The number of hydrogen-bond donors (Lipinski definition) is 1. The summed E-state index contributed by atoms with van der Waals surface area (Å²) in [4.78, 5) is 29.4. The third-order valence-corrected chi connectivity index (χ3v) is 8.63. The molecule has 9 nitrogen and oxygen atoms in total. The number of para-hydroxylation sites is 1. The number of hydrogen-bond acceptors (Lipinski definition) is 5. The second-order valence-corrected chi connectivity index (χ2v) is 11.7. The van der Waals surface area contributed by atoms with Crippen LogP contribution in [0.5, 0.6) is 0 Å². The molecule has 2 saturated heterocycles. The topological polar surface area (TPSA) is 105 Å². The van der Waals surface area contributed by atoms with E-state index in [0.717, 1.165) is 35.5 Å². The molecule has 0 unspecified atom stereocenters. The number of rotatable bonds is 5. The smallest absolute Gasteiger partial charge is 0.321 e. The zero-order valence-corrected chi connectivity index (χ0v) is 20.8. The maximum Gasteiger partial charge on any atom is 0.321 e. The Kier molecular flexibility index (Phi) is 6.97. The third kappa shape index (κ3) is 5.27. The molecule has 0 spiro atoms. The van der Waals surface area contributed by atoms with Gasteiger partial charge >= 0.3 is 6.03 Å². The second kappa shape index (κ2) is 9.77. The molecule has 2 aliphatic heterocycles. The Morgan fingerprint density at radius 1 is 1.18 bits per heavy atom. The number of nitrogens with zero attached hydrogens (tertiary/aromatic N) is 4. The number of amides is 3. The lowest BCUT2D eigenvalue weighted by Crippen LogP contribution is -2.47. The zero-order chi connectivity index (χ0) is 24.5. The van der Waals surface area contributed by atoms with Gasteiger partial charge in [-0.1, -0.05) is 18.2 Å². The van der Waals surface area contributed by atoms with Crippen molar-refractivity contribution in [2.24, 2.45) is 5.92 Å². The monoisotopic (exact) mass is 487 g/mol. The Balaban J connectivity index is 1.39. The van der Waals surface area contributed by atoms with Crippen LogP contribution in [0.15, 0.2) is 30.3 Å². The lowest BCUT2D eigenvalue weighted by molar-refractivity contribution is -0.136. The van der Waals surface area contributed by atoms with E-state index >= 15 is 0 Å². The Hall–Kier alpha value is -2.88. The van der Waals surface area contributed by atoms with Crippen LogP contribution in [-0.2, 0) is 21.2 Å². The van der Waals surface area contributed by atoms with E-state index in [-0.39, 0.29) is 35.4 Å². The average Bonchev–Trinajstić information content (AvgIpc) is 3.32. The SMILES string of the molecule is Cc1nn([C@@H]2CCS(=O)(=O)C2)c(C)c1CN(C)C(=O)[C@@H]1CCCN(C(=O)Nc2ccccc2)C1. The fourth-order valence-electron chi connectivity index (χ4n) is 4.96. The van der Waals surface area contributed by atoms with Gasteiger partial charge in [-0.15, -0.1) is 0 Å². The van der Waals surface area contributed by atoms with Crippen LogP contribution in [-0.4, -0.2) is 71.6 Å². The molecule has 2 aromatic rings. The summed E-state index contributed by atoms with van der Waals surface area (Å²) >= 11 is 0. The summed E-state index contributed by atoms with van der Waals surface area (Å²) in [7, 11) is -1.23. The second-order valence-electron chi connectivity index (χ2n) is 9.43. The predicted molar refractivity (Wildman–Crippen MR) is 130 cm³/mol. The molecule has 1 aromatic heterocycles. The van der Waals surface area contributed by atoms with Crippen molar-refractivity contribution in [1.29, 1.82) is 0 Å². The first-order valence-corrected chi connectivity index (χ1v) is 13.6. The van der Waals surface area contributed by atoms with E-state index in [0.29, 0.717) is 26.1 Å². The molecule has 0 aliphatic carbocycles. The minimum Gasteiger partial charge on any atom is -0.341 e. The van der Waals surface area contributed by atoms with Crippen molar-refractivity contribution in [3.05, 3.63) is 47.3 Å². The summed E-state index contributed by atoms with van der Waals surface area (Å²) < 4.78 is 25.6. The van der Waals surface area contributed by atoms with Gasteiger partial charge < -0.3 is 15.1 Å². The number of piperidine rings is 1. The van der Waals surface area contributed by atoms with Crippen molar-refractivity contribution in [3.63, 3.8) is 0 Å². The van der Waals surface area contributed by atoms with Crippen LogP contribution < -0.4 is 5.32 Å². The maximum atomic E-state index is 13.3. The Bertz CT molecular complexity index is 1160. The lowest BCUT2D eigenvalue weighted by atomic mass is 9.96. The summed E-state index contributed by atoms with van der Waals surface area (Å²) in [5.41, 5.74) is 3.41. The minimum absolute atomic E-state index is 0.00667. The van der Waals surface area contributed by atoms with Gasteiger partial charge in [0.25, 0.3) is 0 Å². The first-order valence-electron chi connectivity index (χ1n) is 11.8. The predicted octanol–water partition coefficient (Wildman–Crippen LogP) is 2.76. The molecule has 2 aliphatic rings. The molecular formula is C24H33N5O4S. The fraction of sp³-hybridized carbons (Fsp3) is 0.542. The molecule has 3 amide bonds. The highest BCUT2D eigenvalue weighted by Crippen LogP contribution is 2.28. The van der Waals surface area contributed by atoms with Crippen molar-refractivity contribution >= 4 is 27.5 Å². The number of benzene rings is 1. The molecule has 4 rings (SSSR count). The number of anilines is 1. The van der Waals surface area contributed by atoms with E-state index < -0.39 is 9.84 Å². The summed E-state index contributed by atoms with van der Waals surface area (Å²) in [6.45, 7) is 5.26. The van der Waals surface area contributed by atoms with Crippen molar-refractivity contribution < 1.29 is 18.0 Å². The number of nitrogens with one attached hydrogen (secondary N) is 1. The van der Waals surface area contributed by atoms with Crippen molar-refractivity contribution in [3.8, 4) is 0 Å². The number of carbonyl (C=O) groups excluding carboxylic acids is 2. The largest absolute Gasteiger partial charge is 0.341 e. The zero-order valence-electron chi connectivity index (χ0n) is 20.0. The van der Waals surface area contributed by atoms with Crippen LogP contribution in [0, 0.1) is 19.8 Å². The van der Waals surface area contributed by atoms with Crippen LogP contribution in [0.3, 0.4) is 0 Å². The number of carbonyl (C=O) groups is 2. The van der Waals surface area contributed by atoms with Gasteiger partial charge in [0, 0.05) is 43.6 Å². The lowest BCUT2D eigenvalue weighted by Gasteiger charge is -2.34. The number of likely N-dealkylation sites (tertiary alicyclic amines) is 1. The highest BCUT2D eigenvalue weighted by Gasteiger charge is 2.33. The van der Waals surface area contributed by atoms with Gasteiger partial charge in [0.05, 0.1) is 29.2 Å². The molecule has 2 fully saturated rings. The Morgan fingerprint density at radius 2 is 1.91 bits per heavy atom. The molecule has 0 bridgehead atoms. The standard InChI is InChI=1S/C24H33N5O4S/c1-17-22(18(2)29(26-17)21-11-13-34(32,33)16-21)15-27(3)23(30)19-8-7-12-28(14-19)24(31)25-20-9-5-4-6-10-20/h4-6,9-10,19,21H,7-8,11-16H2,1-3H3,(H,25,31)/t19-,21-/m1/s1. The molecule has 1 N–H and O–H groups in total. The van der Waals surface area contributed by atoms with E-state index in [4.69, 9.17) is 0 Å². The van der Waals surface area contributed by atoms with Gasteiger partial charge in [-0.25, -0.2) is 13.2 Å². The van der Waals surface area contributed by atoms with Crippen LogP contribution >= 0.6 is 0 Å². The fourth-order valence-corrected chi connectivity index (χ4v) is 6.66. The summed E-state index contributed by atoms with van der Waals surface area (Å²) in [6.07, 6.45) is 2.09. The van der Waals surface area contributed by atoms with E-state index in [1.807, 2.05) is 48.9 Å². The summed E-state index contributed by atoms with van der Waals surface area (Å²) in [5.74, 6) is 0.0643. The van der Waals surface area contributed by atoms with Gasteiger partial charge in [-0.05, 0) is 45.2 Å². The van der Waals surface area contributed by atoms with Gasteiger partial charge in [-0.3, -0.25) is 9.48 Å². The van der Waals surface area contributed by atoms with E-state index in [1.165, 1.54) is 0 Å². The van der Waals surface area contributed by atoms with Gasteiger partial charge in [-0.2, -0.15) is 5.10 Å². The van der Waals surface area contributed by atoms with Gasteiger partial charge in [0.1, 0.15) is 0 Å². The van der Waals surface area contributed by atoms with E-state index in [2.05, 4.69) is 10.4 Å². The van der Waals surface area contributed by atoms with E-state index in [1.54, 1.807) is 16.8 Å². The first kappa shape index (κ1) is 24.3. The number of aryl methyl sites for hydroxylation is 1. The molecule has 0 saturated carbocycles. The van der Waals surface area contributed by atoms with Gasteiger partial charge in [0.2, 0.25) is 5.91 Å². The molecule has 34 heavy (non-hydrogen) atoms. The van der Waals surface area contributed by atoms with Crippen LogP contribution in [0.25, 0.3) is 0 Å². The molecule has 0 radical (unpaired) electrons. The normalized spacial score (nSPS) is 21.9. The highest BCUT2D eigenvalue weighted by atomic mass is 32.2. The Morgan fingerprint density at radius 3 is 2.59 bits per heavy atom.